The summed E-state index contributed by atoms with van der Waals surface area (Å²) in [7, 11) is -3.78. The van der Waals surface area contributed by atoms with E-state index in [1.807, 2.05) is 6.07 Å². The molecule has 0 unspecified atom stereocenters. The average molecular weight is 274 g/mol. The summed E-state index contributed by atoms with van der Waals surface area (Å²) in [4.78, 5) is 3.73. The van der Waals surface area contributed by atoms with Crippen LogP contribution in [0, 0.1) is 11.3 Å². The minimum atomic E-state index is -3.78. The second-order valence-electron chi connectivity index (χ2n) is 3.71. The van der Waals surface area contributed by atoms with E-state index in [2.05, 4.69) is 9.71 Å². The first-order valence-corrected chi connectivity index (χ1v) is 6.74. The molecule has 96 valence electrons. The summed E-state index contributed by atoms with van der Waals surface area (Å²) in [5.41, 5.74) is 6.38. The van der Waals surface area contributed by atoms with Gasteiger partial charge in [-0.2, -0.15) is 5.26 Å². The normalized spacial score (nSPS) is 10.7. The summed E-state index contributed by atoms with van der Waals surface area (Å²) in [5.74, 6) is 0. The zero-order chi connectivity index (χ0) is 13.9. The number of hydrogen-bond acceptors (Lipinski definition) is 5. The molecule has 0 saturated carbocycles. The number of pyridine rings is 1. The van der Waals surface area contributed by atoms with Crippen LogP contribution in [0.2, 0.25) is 0 Å². The van der Waals surface area contributed by atoms with Crippen LogP contribution >= 0.6 is 0 Å². The Bertz CT molecular complexity index is 736. The van der Waals surface area contributed by atoms with Gasteiger partial charge in [0.1, 0.15) is 4.90 Å². The van der Waals surface area contributed by atoms with Crippen LogP contribution in [0.3, 0.4) is 0 Å². The highest BCUT2D eigenvalue weighted by Crippen LogP contribution is 2.22. The highest BCUT2D eigenvalue weighted by atomic mass is 32.2. The second kappa shape index (κ2) is 4.96. The topological polar surface area (TPSA) is 109 Å². The predicted octanol–water partition coefficient (Wildman–Crippen LogP) is 1.34. The molecule has 2 aromatic rings. The van der Waals surface area contributed by atoms with Gasteiger partial charge in [-0.15, -0.1) is 0 Å². The number of hydrogen-bond donors (Lipinski definition) is 2. The van der Waals surface area contributed by atoms with Crippen molar-refractivity contribution >= 4 is 21.4 Å². The van der Waals surface area contributed by atoms with Gasteiger partial charge in [-0.25, -0.2) is 8.42 Å². The van der Waals surface area contributed by atoms with Gasteiger partial charge in [-0.3, -0.25) is 9.71 Å². The van der Waals surface area contributed by atoms with Crippen molar-refractivity contribution in [3.63, 3.8) is 0 Å². The molecule has 0 aliphatic heterocycles. The molecule has 1 aromatic heterocycles. The lowest BCUT2D eigenvalue weighted by atomic mass is 10.2. The molecular weight excluding hydrogens is 264 g/mol. The van der Waals surface area contributed by atoms with Crippen LogP contribution in [0.5, 0.6) is 0 Å². The van der Waals surface area contributed by atoms with Crippen LogP contribution in [-0.4, -0.2) is 13.4 Å². The quantitative estimate of drug-likeness (QED) is 0.821. The molecule has 3 N–H and O–H groups in total. The Hall–Kier alpha value is -2.59. The van der Waals surface area contributed by atoms with Crippen LogP contribution in [0.25, 0.3) is 0 Å². The molecule has 1 aromatic carbocycles. The third-order valence-electron chi connectivity index (χ3n) is 2.36. The Morgan fingerprint density at radius 1 is 1.21 bits per heavy atom. The Labute approximate surface area is 110 Å². The third kappa shape index (κ3) is 2.81. The number of nitrogens with zero attached hydrogens (tertiary/aromatic N) is 2. The van der Waals surface area contributed by atoms with Gasteiger partial charge in [0.2, 0.25) is 0 Å². The molecule has 19 heavy (non-hydrogen) atoms. The van der Waals surface area contributed by atoms with Crippen molar-refractivity contribution < 1.29 is 8.42 Å². The molecule has 0 aliphatic rings. The molecule has 0 aliphatic carbocycles. The molecule has 2 rings (SSSR count). The highest BCUT2D eigenvalue weighted by Gasteiger charge is 2.17. The number of benzene rings is 1. The molecule has 0 spiro atoms. The van der Waals surface area contributed by atoms with Crippen molar-refractivity contribution in [2.24, 2.45) is 0 Å². The number of aromatic nitrogens is 1. The molecule has 7 heteroatoms. The number of nitrogen functional groups attached to an aromatic ring is 1. The fourth-order valence-corrected chi connectivity index (χ4v) is 2.67. The van der Waals surface area contributed by atoms with Crippen LogP contribution in [0.1, 0.15) is 5.56 Å². The largest absolute Gasteiger partial charge is 0.398 e. The van der Waals surface area contributed by atoms with Crippen molar-refractivity contribution in [2.75, 3.05) is 10.5 Å². The summed E-state index contributed by atoms with van der Waals surface area (Å²) in [6.45, 7) is 0. The summed E-state index contributed by atoms with van der Waals surface area (Å²) in [5, 5.41) is 8.71. The third-order valence-corrected chi connectivity index (χ3v) is 3.82. The van der Waals surface area contributed by atoms with E-state index >= 15 is 0 Å². The summed E-state index contributed by atoms with van der Waals surface area (Å²) < 4.78 is 26.6. The maximum absolute atomic E-state index is 12.1. The number of anilines is 2. The lowest BCUT2D eigenvalue weighted by Crippen LogP contribution is -2.14. The fourth-order valence-electron chi connectivity index (χ4n) is 1.49. The maximum atomic E-state index is 12.1. The molecule has 0 bridgehead atoms. The van der Waals surface area contributed by atoms with Gasteiger partial charge in [-0.05, 0) is 30.3 Å². The molecule has 6 nitrogen and oxygen atoms in total. The highest BCUT2D eigenvalue weighted by molar-refractivity contribution is 7.92. The van der Waals surface area contributed by atoms with Gasteiger partial charge in [-0.1, -0.05) is 0 Å². The van der Waals surface area contributed by atoms with Gasteiger partial charge in [0.15, 0.2) is 0 Å². The summed E-state index contributed by atoms with van der Waals surface area (Å²) >= 11 is 0. The van der Waals surface area contributed by atoms with Crippen LogP contribution in [0.15, 0.2) is 47.6 Å². The first-order valence-electron chi connectivity index (χ1n) is 5.25. The maximum Gasteiger partial charge on any atom is 0.263 e. The standard InChI is InChI=1S/C12H10N4O2S/c13-8-9-1-2-12(11(14)7-9)19(17,18)16-10-3-5-15-6-4-10/h1-7H,14H2,(H,15,16). The van der Waals surface area contributed by atoms with Crippen molar-refractivity contribution in [3.8, 4) is 6.07 Å². The van der Waals surface area contributed by atoms with Crippen molar-refractivity contribution in [1.29, 1.82) is 5.26 Å². The Kier molecular flexibility index (Phi) is 3.35. The van der Waals surface area contributed by atoms with Gasteiger partial charge < -0.3 is 5.73 Å². The minimum absolute atomic E-state index is 0.0283. The first-order chi connectivity index (χ1) is 9.03. The average Bonchev–Trinajstić information content (AvgIpc) is 2.38. The first kappa shape index (κ1) is 12.9. The van der Waals surface area contributed by atoms with Gasteiger partial charge in [0.05, 0.1) is 23.0 Å². The van der Waals surface area contributed by atoms with E-state index < -0.39 is 10.0 Å². The molecule has 0 amide bonds. The molecule has 0 atom stereocenters. The van der Waals surface area contributed by atoms with E-state index in [4.69, 9.17) is 11.0 Å². The number of sulfonamides is 1. The number of nitrogens with one attached hydrogen (secondary N) is 1. The fraction of sp³-hybridized carbons (Fsp3) is 0. The van der Waals surface area contributed by atoms with Gasteiger partial charge in [0, 0.05) is 12.4 Å². The van der Waals surface area contributed by atoms with E-state index in [1.54, 1.807) is 0 Å². The molecule has 0 fully saturated rings. The van der Waals surface area contributed by atoms with Crippen LogP contribution < -0.4 is 10.5 Å². The Morgan fingerprint density at radius 3 is 2.47 bits per heavy atom. The molecule has 0 saturated heterocycles. The Morgan fingerprint density at radius 2 is 1.89 bits per heavy atom. The van der Waals surface area contributed by atoms with E-state index in [-0.39, 0.29) is 10.6 Å². The van der Waals surface area contributed by atoms with Crippen molar-refractivity contribution in [2.45, 2.75) is 4.90 Å². The SMILES string of the molecule is N#Cc1ccc(S(=O)(=O)Nc2ccncc2)c(N)c1. The minimum Gasteiger partial charge on any atom is -0.398 e. The van der Waals surface area contributed by atoms with E-state index in [9.17, 15) is 8.42 Å². The number of nitriles is 1. The van der Waals surface area contributed by atoms with Crippen molar-refractivity contribution in [1.82, 2.24) is 4.98 Å². The number of nitrogens with two attached hydrogens (primary N) is 1. The lowest BCUT2D eigenvalue weighted by Gasteiger charge is -2.09. The summed E-state index contributed by atoms with van der Waals surface area (Å²) in [6, 6.07) is 8.97. The lowest BCUT2D eigenvalue weighted by molar-refractivity contribution is 0.601. The van der Waals surface area contributed by atoms with Crippen LogP contribution in [0.4, 0.5) is 11.4 Å². The molecular formula is C12H10N4O2S. The smallest absolute Gasteiger partial charge is 0.263 e. The second-order valence-corrected chi connectivity index (χ2v) is 5.36. The van der Waals surface area contributed by atoms with E-state index in [1.165, 1.54) is 42.7 Å². The van der Waals surface area contributed by atoms with Crippen LogP contribution in [-0.2, 0) is 10.0 Å². The molecule has 0 radical (unpaired) electrons. The number of rotatable bonds is 3. The zero-order valence-corrected chi connectivity index (χ0v) is 10.6. The van der Waals surface area contributed by atoms with Gasteiger partial charge in [0.25, 0.3) is 10.0 Å². The van der Waals surface area contributed by atoms with E-state index in [0.717, 1.165) is 0 Å². The van der Waals surface area contributed by atoms with E-state index in [0.29, 0.717) is 11.3 Å². The van der Waals surface area contributed by atoms with Crippen molar-refractivity contribution in [3.05, 3.63) is 48.3 Å². The molecule has 1 heterocycles. The predicted molar refractivity (Wildman–Crippen MR) is 70.6 cm³/mol. The van der Waals surface area contributed by atoms with Gasteiger partial charge >= 0.3 is 0 Å². The zero-order valence-electron chi connectivity index (χ0n) is 9.74. The Balaban J connectivity index is 2.38. The monoisotopic (exact) mass is 274 g/mol. The summed E-state index contributed by atoms with van der Waals surface area (Å²) in [6.07, 6.45) is 2.94.